The Labute approximate surface area is 86.5 Å². The van der Waals surface area contributed by atoms with Crippen LogP contribution in [0.5, 0.6) is 0 Å². The van der Waals surface area contributed by atoms with Crippen molar-refractivity contribution in [3.63, 3.8) is 0 Å². The van der Waals surface area contributed by atoms with Gasteiger partial charge in [0.05, 0.1) is 5.60 Å². The van der Waals surface area contributed by atoms with Gasteiger partial charge in [-0.2, -0.15) is 0 Å². The Bertz CT molecular complexity index is 200. The quantitative estimate of drug-likeness (QED) is 0.691. The summed E-state index contributed by atoms with van der Waals surface area (Å²) in [5, 5.41) is 13.2. The number of hydrogen-bond donors (Lipinski definition) is 2. The van der Waals surface area contributed by atoms with Gasteiger partial charge in [0.2, 0.25) is 0 Å². The molecule has 0 aliphatic carbocycles. The Kier molecular flexibility index (Phi) is 2.82. The molecular weight excluding hydrogens is 176 g/mol. The molecule has 3 atom stereocenters. The third-order valence-electron chi connectivity index (χ3n) is 3.43. The first-order valence-corrected chi connectivity index (χ1v) is 5.73. The highest BCUT2D eigenvalue weighted by Crippen LogP contribution is 2.27. The van der Waals surface area contributed by atoms with Gasteiger partial charge in [-0.25, -0.2) is 0 Å². The van der Waals surface area contributed by atoms with Crippen molar-refractivity contribution in [3.05, 3.63) is 0 Å². The molecule has 0 spiro atoms. The maximum absolute atomic E-state index is 9.64. The number of piperidine rings is 1. The highest BCUT2D eigenvalue weighted by Gasteiger charge is 2.34. The van der Waals surface area contributed by atoms with Crippen molar-refractivity contribution in [2.24, 2.45) is 5.92 Å². The lowest BCUT2D eigenvalue weighted by Crippen LogP contribution is -2.48. The highest BCUT2D eigenvalue weighted by molar-refractivity contribution is 4.91. The van der Waals surface area contributed by atoms with Crippen LogP contribution in [0.2, 0.25) is 0 Å². The van der Waals surface area contributed by atoms with Crippen LogP contribution in [0.25, 0.3) is 0 Å². The van der Waals surface area contributed by atoms with Gasteiger partial charge in [-0.05, 0) is 45.7 Å². The van der Waals surface area contributed by atoms with Crippen molar-refractivity contribution in [1.82, 2.24) is 10.2 Å². The number of nitrogens with zero attached hydrogens (tertiary/aromatic N) is 1. The lowest BCUT2D eigenvalue weighted by atomic mass is 9.93. The van der Waals surface area contributed by atoms with Gasteiger partial charge in [0.25, 0.3) is 0 Å². The van der Waals surface area contributed by atoms with Crippen LogP contribution in [-0.4, -0.2) is 47.8 Å². The van der Waals surface area contributed by atoms with E-state index in [1.807, 2.05) is 13.8 Å². The molecule has 3 unspecified atom stereocenters. The van der Waals surface area contributed by atoms with Crippen LogP contribution in [0.15, 0.2) is 0 Å². The number of aliphatic hydroxyl groups is 1. The molecule has 3 heteroatoms. The first-order valence-electron chi connectivity index (χ1n) is 5.73. The molecule has 14 heavy (non-hydrogen) atoms. The van der Waals surface area contributed by atoms with Crippen LogP contribution in [0.1, 0.15) is 26.7 Å². The third-order valence-corrected chi connectivity index (χ3v) is 3.43. The summed E-state index contributed by atoms with van der Waals surface area (Å²) >= 11 is 0. The van der Waals surface area contributed by atoms with Crippen molar-refractivity contribution in [2.75, 3.05) is 26.2 Å². The molecule has 0 aromatic heterocycles. The molecule has 0 radical (unpaired) electrons. The molecule has 3 nitrogen and oxygen atoms in total. The fourth-order valence-corrected chi connectivity index (χ4v) is 2.60. The molecule has 2 aliphatic rings. The van der Waals surface area contributed by atoms with Gasteiger partial charge >= 0.3 is 0 Å². The van der Waals surface area contributed by atoms with Crippen LogP contribution in [0.4, 0.5) is 0 Å². The van der Waals surface area contributed by atoms with Crippen molar-refractivity contribution in [3.8, 4) is 0 Å². The van der Waals surface area contributed by atoms with Gasteiger partial charge in [-0.1, -0.05) is 0 Å². The van der Waals surface area contributed by atoms with E-state index in [9.17, 15) is 5.11 Å². The van der Waals surface area contributed by atoms with Crippen LogP contribution >= 0.6 is 0 Å². The Balaban J connectivity index is 1.80. The number of hydrogen-bond acceptors (Lipinski definition) is 3. The molecule has 82 valence electrons. The van der Waals surface area contributed by atoms with E-state index in [-0.39, 0.29) is 0 Å². The van der Waals surface area contributed by atoms with Gasteiger partial charge in [0.15, 0.2) is 0 Å². The van der Waals surface area contributed by atoms with Gasteiger partial charge in [-0.3, -0.25) is 0 Å². The fraction of sp³-hybridized carbons (Fsp3) is 1.00. The van der Waals surface area contributed by atoms with Crippen LogP contribution in [0, 0.1) is 5.92 Å². The van der Waals surface area contributed by atoms with E-state index < -0.39 is 5.60 Å². The number of rotatable bonds is 3. The average molecular weight is 198 g/mol. The minimum absolute atomic E-state index is 0.574. The smallest absolute Gasteiger partial charge is 0.0715 e. The second kappa shape index (κ2) is 3.80. The number of nitrogens with one attached hydrogen (secondary N) is 1. The minimum Gasteiger partial charge on any atom is -0.389 e. The van der Waals surface area contributed by atoms with Crippen molar-refractivity contribution in [1.29, 1.82) is 0 Å². The summed E-state index contributed by atoms with van der Waals surface area (Å²) in [4.78, 5) is 2.55. The van der Waals surface area contributed by atoms with Gasteiger partial charge in [0.1, 0.15) is 0 Å². The van der Waals surface area contributed by atoms with Crippen LogP contribution in [-0.2, 0) is 0 Å². The monoisotopic (exact) mass is 198 g/mol. The first kappa shape index (κ1) is 10.4. The normalized spacial score (nSPS) is 37.5. The summed E-state index contributed by atoms with van der Waals surface area (Å²) in [6.45, 7) is 8.23. The summed E-state index contributed by atoms with van der Waals surface area (Å²) in [6.07, 6.45) is 2.59. The minimum atomic E-state index is -0.574. The zero-order chi connectivity index (χ0) is 10.2. The first-order chi connectivity index (χ1) is 6.54. The molecule has 2 aliphatic heterocycles. The summed E-state index contributed by atoms with van der Waals surface area (Å²) in [7, 11) is 0. The van der Waals surface area contributed by atoms with Gasteiger partial charge in [0, 0.05) is 19.1 Å². The Morgan fingerprint density at radius 2 is 2.07 bits per heavy atom. The van der Waals surface area contributed by atoms with Gasteiger partial charge < -0.3 is 15.3 Å². The molecule has 2 fully saturated rings. The summed E-state index contributed by atoms with van der Waals surface area (Å²) in [6, 6.07) is 0.639. The molecule has 2 N–H and O–H groups in total. The van der Waals surface area contributed by atoms with Crippen LogP contribution in [0.3, 0.4) is 0 Å². The molecule has 2 bridgehead atoms. The molecule has 0 aromatic carbocycles. The fourth-order valence-electron chi connectivity index (χ4n) is 2.60. The summed E-state index contributed by atoms with van der Waals surface area (Å²) in [5.41, 5.74) is -0.574. The predicted molar refractivity (Wildman–Crippen MR) is 57.3 cm³/mol. The SMILES string of the molecule is CC(C)(O)CNC1CCN2CCC1C2. The summed E-state index contributed by atoms with van der Waals surface area (Å²) < 4.78 is 0. The van der Waals surface area contributed by atoms with Crippen molar-refractivity contribution in [2.45, 2.75) is 38.3 Å². The van der Waals surface area contributed by atoms with E-state index in [1.165, 1.54) is 32.5 Å². The molecule has 2 saturated heterocycles. The Morgan fingerprint density at radius 3 is 2.79 bits per heavy atom. The van der Waals surface area contributed by atoms with E-state index in [4.69, 9.17) is 0 Å². The van der Waals surface area contributed by atoms with E-state index in [1.54, 1.807) is 0 Å². The second-order valence-electron chi connectivity index (χ2n) is 5.44. The molecule has 0 saturated carbocycles. The van der Waals surface area contributed by atoms with Crippen LogP contribution < -0.4 is 5.32 Å². The molecule has 0 amide bonds. The van der Waals surface area contributed by atoms with E-state index in [2.05, 4.69) is 10.2 Å². The zero-order valence-electron chi connectivity index (χ0n) is 9.29. The van der Waals surface area contributed by atoms with Gasteiger partial charge in [-0.15, -0.1) is 0 Å². The Hall–Kier alpha value is -0.120. The van der Waals surface area contributed by atoms with Crippen molar-refractivity contribution < 1.29 is 5.11 Å². The average Bonchev–Trinajstić information content (AvgIpc) is 2.46. The molecule has 2 rings (SSSR count). The molecule has 0 aromatic rings. The Morgan fingerprint density at radius 1 is 1.36 bits per heavy atom. The molecular formula is C11H22N2O. The standard InChI is InChI=1S/C11H22N2O/c1-11(2,14)8-12-10-4-6-13-5-3-9(10)7-13/h9-10,12,14H,3-8H2,1-2H3. The largest absolute Gasteiger partial charge is 0.389 e. The maximum atomic E-state index is 9.64. The molecule has 2 heterocycles. The zero-order valence-corrected chi connectivity index (χ0v) is 9.29. The van der Waals surface area contributed by atoms with E-state index in [0.29, 0.717) is 12.6 Å². The highest BCUT2D eigenvalue weighted by atomic mass is 16.3. The predicted octanol–water partition coefficient (Wildman–Crippen LogP) is 0.441. The summed E-state index contributed by atoms with van der Waals surface area (Å²) in [5.74, 6) is 0.825. The lowest BCUT2D eigenvalue weighted by Gasteiger charge is -2.32. The second-order valence-corrected chi connectivity index (χ2v) is 5.44. The topological polar surface area (TPSA) is 35.5 Å². The lowest BCUT2D eigenvalue weighted by molar-refractivity contribution is 0.0703. The maximum Gasteiger partial charge on any atom is 0.0715 e. The third kappa shape index (κ3) is 2.47. The van der Waals surface area contributed by atoms with E-state index in [0.717, 1.165) is 5.92 Å². The van der Waals surface area contributed by atoms with Crippen molar-refractivity contribution >= 4 is 0 Å². The van der Waals surface area contributed by atoms with E-state index >= 15 is 0 Å². The number of fused-ring (bicyclic) bond motifs is 2.